The molecule has 1 aliphatic rings. The molecule has 0 aromatic heterocycles. The molecule has 1 heterocycles. The maximum absolute atomic E-state index is 11.1. The van der Waals surface area contributed by atoms with E-state index in [0.29, 0.717) is 36.3 Å². The number of carboxylic acid groups (broad SMARTS) is 1. The molecule has 0 radical (unpaired) electrons. The number of anilines is 1. The second-order valence-corrected chi connectivity index (χ2v) is 7.65. The fraction of sp³-hybridized carbons (Fsp3) is 0.364. The summed E-state index contributed by atoms with van der Waals surface area (Å²) >= 11 is 0. The van der Waals surface area contributed by atoms with Gasteiger partial charge in [-0.1, -0.05) is 12.1 Å². The lowest BCUT2D eigenvalue weighted by molar-refractivity contribution is -0.0896. The monoisotopic (exact) mass is 379 g/mol. The van der Waals surface area contributed by atoms with Gasteiger partial charge in [-0.3, -0.25) is 4.90 Å². The van der Waals surface area contributed by atoms with Crippen LogP contribution in [-0.4, -0.2) is 59.9 Å². The largest absolute Gasteiger partial charge is 0.478 e. The highest BCUT2D eigenvalue weighted by Crippen LogP contribution is 2.26. The number of nitriles is 1. The fourth-order valence-electron chi connectivity index (χ4n) is 3.74. The number of β-amino-alcohol motifs (C(OH)–C–C–N with tert-alkyl or cyclic N) is 1. The molecule has 6 heteroatoms. The summed E-state index contributed by atoms with van der Waals surface area (Å²) in [6, 6.07) is 15.0. The van der Waals surface area contributed by atoms with Crippen LogP contribution in [-0.2, 0) is 6.42 Å². The van der Waals surface area contributed by atoms with Gasteiger partial charge in [-0.25, -0.2) is 4.79 Å². The maximum Gasteiger partial charge on any atom is 0.335 e. The molecule has 0 amide bonds. The number of nitrogens with zero attached hydrogens (tertiary/aromatic N) is 3. The molecule has 0 saturated carbocycles. The van der Waals surface area contributed by atoms with Crippen molar-refractivity contribution in [1.29, 1.82) is 5.26 Å². The predicted octanol–water partition coefficient (Wildman–Crippen LogP) is 2.29. The number of carbonyl (C=O) groups is 1. The van der Waals surface area contributed by atoms with Crippen LogP contribution in [0.3, 0.4) is 0 Å². The van der Waals surface area contributed by atoms with Crippen molar-refractivity contribution in [2.75, 3.05) is 38.1 Å². The minimum Gasteiger partial charge on any atom is -0.478 e. The quantitative estimate of drug-likeness (QED) is 0.767. The Bertz CT molecular complexity index is 896. The minimum absolute atomic E-state index is 0.300. The first kappa shape index (κ1) is 19.9. The molecule has 3 rings (SSSR count). The van der Waals surface area contributed by atoms with Gasteiger partial charge in [-0.05, 0) is 54.8 Å². The first-order valence-corrected chi connectivity index (χ1v) is 9.28. The lowest BCUT2D eigenvalue weighted by Gasteiger charge is -2.48. The van der Waals surface area contributed by atoms with Crippen molar-refractivity contribution >= 4 is 11.7 Å². The number of aromatic carboxylic acids is 1. The van der Waals surface area contributed by atoms with Gasteiger partial charge in [0.2, 0.25) is 0 Å². The maximum atomic E-state index is 11.1. The fourth-order valence-corrected chi connectivity index (χ4v) is 3.74. The van der Waals surface area contributed by atoms with Crippen LogP contribution in [0.2, 0.25) is 0 Å². The van der Waals surface area contributed by atoms with Crippen LogP contribution in [0.15, 0.2) is 42.5 Å². The van der Waals surface area contributed by atoms with E-state index < -0.39 is 11.6 Å². The van der Waals surface area contributed by atoms with E-state index in [9.17, 15) is 9.90 Å². The Balaban J connectivity index is 1.50. The van der Waals surface area contributed by atoms with E-state index in [1.807, 2.05) is 42.3 Å². The molecule has 0 atom stereocenters. The number of aryl methyl sites for hydroxylation is 1. The van der Waals surface area contributed by atoms with Gasteiger partial charge in [0.25, 0.3) is 0 Å². The van der Waals surface area contributed by atoms with E-state index in [1.54, 1.807) is 19.1 Å². The van der Waals surface area contributed by atoms with Gasteiger partial charge in [-0.2, -0.15) is 5.26 Å². The van der Waals surface area contributed by atoms with Crippen LogP contribution >= 0.6 is 0 Å². The standard InChI is InChI=1S/C22H25N3O3/c1-16-11-19(7-8-20(16)21(26)27)24(2)13-22(28)14-25(15-22)10-9-17-3-5-18(12-23)6-4-17/h3-8,11,28H,9-10,13-15H2,1-2H3,(H,26,27). The van der Waals surface area contributed by atoms with Gasteiger partial charge >= 0.3 is 5.97 Å². The third kappa shape index (κ3) is 4.50. The topological polar surface area (TPSA) is 87.8 Å². The number of hydrogen-bond acceptors (Lipinski definition) is 5. The molecule has 1 saturated heterocycles. The molecule has 28 heavy (non-hydrogen) atoms. The summed E-state index contributed by atoms with van der Waals surface area (Å²) in [5.74, 6) is -0.928. The average molecular weight is 379 g/mol. The number of aliphatic hydroxyl groups is 1. The van der Waals surface area contributed by atoms with Gasteiger partial charge in [0.05, 0.1) is 17.2 Å². The molecular weight excluding hydrogens is 354 g/mol. The number of benzene rings is 2. The first-order chi connectivity index (χ1) is 13.3. The number of hydrogen-bond donors (Lipinski definition) is 2. The summed E-state index contributed by atoms with van der Waals surface area (Å²) in [6.07, 6.45) is 0.882. The molecule has 2 aromatic rings. The summed E-state index contributed by atoms with van der Waals surface area (Å²) in [4.78, 5) is 15.3. The van der Waals surface area contributed by atoms with E-state index in [-0.39, 0.29) is 0 Å². The van der Waals surface area contributed by atoms with Crippen molar-refractivity contribution in [2.45, 2.75) is 18.9 Å². The zero-order valence-electron chi connectivity index (χ0n) is 16.2. The van der Waals surface area contributed by atoms with Crippen molar-refractivity contribution in [1.82, 2.24) is 4.90 Å². The van der Waals surface area contributed by atoms with E-state index in [2.05, 4.69) is 11.0 Å². The summed E-state index contributed by atoms with van der Waals surface area (Å²) in [6.45, 7) is 4.36. The van der Waals surface area contributed by atoms with Gasteiger partial charge in [-0.15, -0.1) is 0 Å². The molecule has 146 valence electrons. The van der Waals surface area contributed by atoms with Gasteiger partial charge in [0.15, 0.2) is 0 Å². The lowest BCUT2D eigenvalue weighted by atomic mass is 9.92. The van der Waals surface area contributed by atoms with Crippen LogP contribution < -0.4 is 4.90 Å². The molecule has 2 aromatic carbocycles. The second-order valence-electron chi connectivity index (χ2n) is 7.65. The molecule has 1 aliphatic heterocycles. The Kier molecular flexibility index (Phi) is 5.68. The smallest absolute Gasteiger partial charge is 0.335 e. The molecule has 6 nitrogen and oxygen atoms in total. The van der Waals surface area contributed by atoms with Crippen molar-refractivity contribution in [3.63, 3.8) is 0 Å². The van der Waals surface area contributed by atoms with E-state index >= 15 is 0 Å². The molecule has 0 aliphatic carbocycles. The van der Waals surface area contributed by atoms with Crippen molar-refractivity contribution in [2.24, 2.45) is 0 Å². The first-order valence-electron chi connectivity index (χ1n) is 9.28. The Labute approximate surface area is 165 Å². The summed E-state index contributed by atoms with van der Waals surface area (Å²) in [7, 11) is 1.91. The molecule has 2 N–H and O–H groups in total. The lowest BCUT2D eigenvalue weighted by Crippen LogP contribution is -2.66. The zero-order valence-corrected chi connectivity index (χ0v) is 16.2. The van der Waals surface area contributed by atoms with E-state index in [0.717, 1.165) is 18.7 Å². The van der Waals surface area contributed by atoms with Crippen LogP contribution in [0, 0.1) is 18.3 Å². The molecule has 0 bridgehead atoms. The SMILES string of the molecule is Cc1cc(N(C)CC2(O)CN(CCc3ccc(C#N)cc3)C2)ccc1C(=O)O. The number of likely N-dealkylation sites (tertiary alicyclic amines) is 1. The number of carboxylic acids is 1. The number of rotatable bonds is 7. The Hall–Kier alpha value is -2.88. The summed E-state index contributed by atoms with van der Waals surface area (Å²) < 4.78 is 0. The normalized spacial score (nSPS) is 15.5. The second kappa shape index (κ2) is 8.01. The van der Waals surface area contributed by atoms with Crippen LogP contribution in [0.5, 0.6) is 0 Å². The molecular formula is C22H25N3O3. The minimum atomic E-state index is -0.928. The highest BCUT2D eigenvalue weighted by Gasteiger charge is 2.41. The molecule has 1 fully saturated rings. The Morgan fingerprint density at radius 1 is 1.25 bits per heavy atom. The summed E-state index contributed by atoms with van der Waals surface area (Å²) in [5, 5.41) is 28.8. The van der Waals surface area contributed by atoms with Crippen molar-refractivity contribution in [3.05, 3.63) is 64.7 Å². The zero-order chi connectivity index (χ0) is 20.3. The summed E-state index contributed by atoms with van der Waals surface area (Å²) in [5.41, 5.74) is 2.98. The van der Waals surface area contributed by atoms with Gasteiger partial charge in [0, 0.05) is 38.9 Å². The Morgan fingerprint density at radius 3 is 2.50 bits per heavy atom. The highest BCUT2D eigenvalue weighted by molar-refractivity contribution is 5.89. The van der Waals surface area contributed by atoms with Gasteiger partial charge in [0.1, 0.15) is 5.60 Å². The third-order valence-corrected chi connectivity index (χ3v) is 5.25. The van der Waals surface area contributed by atoms with E-state index in [4.69, 9.17) is 10.4 Å². The van der Waals surface area contributed by atoms with Crippen LogP contribution in [0.4, 0.5) is 5.69 Å². The molecule has 0 spiro atoms. The highest BCUT2D eigenvalue weighted by atomic mass is 16.4. The van der Waals surface area contributed by atoms with Crippen LogP contribution in [0.1, 0.15) is 27.0 Å². The van der Waals surface area contributed by atoms with Gasteiger partial charge < -0.3 is 15.1 Å². The van der Waals surface area contributed by atoms with Crippen molar-refractivity contribution in [3.8, 4) is 6.07 Å². The Morgan fingerprint density at radius 2 is 1.93 bits per heavy atom. The predicted molar refractivity (Wildman–Crippen MR) is 108 cm³/mol. The van der Waals surface area contributed by atoms with Crippen LogP contribution in [0.25, 0.3) is 0 Å². The molecule has 0 unspecified atom stereocenters. The number of likely N-dealkylation sites (N-methyl/N-ethyl adjacent to an activating group) is 1. The van der Waals surface area contributed by atoms with E-state index in [1.165, 1.54) is 5.56 Å². The average Bonchev–Trinajstić information content (AvgIpc) is 2.64. The van der Waals surface area contributed by atoms with Crippen molar-refractivity contribution < 1.29 is 15.0 Å². The third-order valence-electron chi connectivity index (χ3n) is 5.25.